The van der Waals surface area contributed by atoms with Crippen molar-refractivity contribution >= 4 is 29.1 Å². The molecule has 96 valence electrons. The zero-order chi connectivity index (χ0) is 13.1. The van der Waals surface area contributed by atoms with Gasteiger partial charge >= 0.3 is 0 Å². The maximum absolute atomic E-state index is 12.0. The molecule has 0 saturated heterocycles. The van der Waals surface area contributed by atoms with Crippen molar-refractivity contribution in [3.05, 3.63) is 23.8 Å². The van der Waals surface area contributed by atoms with Crippen LogP contribution in [0.1, 0.15) is 25.3 Å². The Kier molecular flexibility index (Phi) is 4.07. The highest BCUT2D eigenvalue weighted by atomic mass is 32.2. The number of ketones is 1. The maximum atomic E-state index is 12.0. The summed E-state index contributed by atoms with van der Waals surface area (Å²) in [4.78, 5) is 26.2. The summed E-state index contributed by atoms with van der Waals surface area (Å²) in [5.41, 5.74) is 2.08. The quantitative estimate of drug-likeness (QED) is 0.787. The number of Topliss-reactive ketones (excluding diaryl/α,β-unsaturated/α-hetero) is 1. The molecule has 3 nitrogen and oxygen atoms in total. The first kappa shape index (κ1) is 13.1. The van der Waals surface area contributed by atoms with Crippen LogP contribution in [0.5, 0.6) is 0 Å². The van der Waals surface area contributed by atoms with Crippen molar-refractivity contribution in [3.8, 4) is 0 Å². The number of hydrogen-bond donors (Lipinski definition) is 0. The highest BCUT2D eigenvalue weighted by molar-refractivity contribution is 7.98. The number of anilines is 1. The van der Waals surface area contributed by atoms with Crippen molar-refractivity contribution in [2.45, 2.75) is 31.1 Å². The second-order valence-corrected chi connectivity index (χ2v) is 5.41. The lowest BCUT2D eigenvalue weighted by Crippen LogP contribution is -2.34. The molecule has 1 aliphatic heterocycles. The van der Waals surface area contributed by atoms with Crippen molar-refractivity contribution in [1.29, 1.82) is 0 Å². The molecule has 0 unspecified atom stereocenters. The molecule has 0 spiro atoms. The van der Waals surface area contributed by atoms with Gasteiger partial charge in [-0.2, -0.15) is 0 Å². The topological polar surface area (TPSA) is 37.4 Å². The molecule has 0 saturated carbocycles. The van der Waals surface area contributed by atoms with E-state index in [2.05, 4.69) is 6.07 Å². The molecule has 0 fully saturated rings. The number of thioether (sulfide) groups is 1. The lowest BCUT2D eigenvalue weighted by molar-refractivity contribution is -0.121. The molecular formula is C14H17NO2S. The number of rotatable bonds is 3. The van der Waals surface area contributed by atoms with E-state index in [0.717, 1.165) is 18.5 Å². The maximum Gasteiger partial charge on any atom is 0.227 e. The molecule has 0 aliphatic carbocycles. The second-order valence-electron chi connectivity index (χ2n) is 4.53. The molecule has 0 radical (unpaired) electrons. The van der Waals surface area contributed by atoms with Gasteiger partial charge in [-0.25, -0.2) is 0 Å². The number of aryl methyl sites for hydroxylation is 1. The van der Waals surface area contributed by atoms with Gasteiger partial charge in [-0.15, -0.1) is 11.8 Å². The zero-order valence-electron chi connectivity index (χ0n) is 10.7. The van der Waals surface area contributed by atoms with Crippen molar-refractivity contribution in [2.24, 2.45) is 0 Å². The van der Waals surface area contributed by atoms with Crippen LogP contribution >= 0.6 is 11.8 Å². The van der Waals surface area contributed by atoms with Crippen LogP contribution in [0, 0.1) is 0 Å². The third-order valence-electron chi connectivity index (χ3n) is 3.10. The minimum atomic E-state index is 0.0187. The monoisotopic (exact) mass is 263 g/mol. The molecule has 1 heterocycles. The summed E-state index contributed by atoms with van der Waals surface area (Å²) in [6.07, 6.45) is 4.33. The van der Waals surface area contributed by atoms with Crippen LogP contribution in [0.25, 0.3) is 0 Å². The Morgan fingerprint density at radius 2 is 2.17 bits per heavy atom. The Morgan fingerprint density at radius 3 is 2.83 bits per heavy atom. The summed E-state index contributed by atoms with van der Waals surface area (Å²) >= 11 is 1.69. The van der Waals surface area contributed by atoms with Crippen LogP contribution in [0.2, 0.25) is 0 Å². The van der Waals surface area contributed by atoms with Crippen LogP contribution in [0.4, 0.5) is 5.69 Å². The Morgan fingerprint density at radius 1 is 1.39 bits per heavy atom. The smallest absolute Gasteiger partial charge is 0.227 e. The normalized spacial score (nSPS) is 15.2. The Balaban J connectivity index is 2.41. The average molecular weight is 263 g/mol. The summed E-state index contributed by atoms with van der Waals surface area (Å²) in [6, 6.07) is 6.11. The van der Waals surface area contributed by atoms with Crippen LogP contribution < -0.4 is 4.90 Å². The van der Waals surface area contributed by atoms with Gasteiger partial charge in [-0.1, -0.05) is 0 Å². The van der Waals surface area contributed by atoms with Gasteiger partial charge in [-0.3, -0.25) is 9.59 Å². The molecule has 1 aliphatic rings. The number of hydrogen-bond acceptors (Lipinski definition) is 3. The van der Waals surface area contributed by atoms with E-state index in [1.165, 1.54) is 17.4 Å². The molecule has 0 bridgehead atoms. The fourth-order valence-corrected chi connectivity index (χ4v) is 2.71. The molecule has 1 aromatic rings. The van der Waals surface area contributed by atoms with Gasteiger partial charge in [0.15, 0.2) is 0 Å². The molecular weight excluding hydrogens is 246 g/mol. The summed E-state index contributed by atoms with van der Waals surface area (Å²) in [5.74, 6) is 0.0750. The van der Waals surface area contributed by atoms with Gasteiger partial charge in [0, 0.05) is 17.0 Å². The number of nitrogens with zero attached hydrogens (tertiary/aromatic N) is 1. The lowest BCUT2D eigenvalue weighted by Gasteiger charge is -2.22. The summed E-state index contributed by atoms with van der Waals surface area (Å²) in [6.45, 7) is 1.71. The molecule has 0 aromatic heterocycles. The van der Waals surface area contributed by atoms with E-state index in [4.69, 9.17) is 0 Å². The standard InChI is InChI=1S/C14H17NO2S/c1-10(16)9-15-13-7-6-12(18-2)8-11(13)4-3-5-14(15)17/h6-8H,3-5,9H2,1-2H3. The van der Waals surface area contributed by atoms with E-state index in [9.17, 15) is 9.59 Å². The largest absolute Gasteiger partial charge is 0.305 e. The fraction of sp³-hybridized carbons (Fsp3) is 0.429. The molecule has 4 heteroatoms. The lowest BCUT2D eigenvalue weighted by atomic mass is 10.1. The van der Waals surface area contributed by atoms with Crippen LogP contribution in [-0.4, -0.2) is 24.5 Å². The molecule has 1 amide bonds. The number of carbonyl (C=O) groups excluding carboxylic acids is 2. The van der Waals surface area contributed by atoms with E-state index < -0.39 is 0 Å². The Bertz CT molecular complexity index is 485. The van der Waals surface area contributed by atoms with Crippen LogP contribution in [0.15, 0.2) is 23.1 Å². The average Bonchev–Trinajstić information content (AvgIpc) is 2.49. The molecule has 0 atom stereocenters. The van der Waals surface area contributed by atoms with Crippen LogP contribution in [-0.2, 0) is 16.0 Å². The third-order valence-corrected chi connectivity index (χ3v) is 3.82. The Labute approximate surface area is 112 Å². The van der Waals surface area contributed by atoms with Gasteiger partial charge in [-0.05, 0) is 49.8 Å². The minimum Gasteiger partial charge on any atom is -0.305 e. The second kappa shape index (κ2) is 5.57. The Hall–Kier alpha value is -1.29. The number of benzene rings is 1. The van der Waals surface area contributed by atoms with Crippen molar-refractivity contribution in [3.63, 3.8) is 0 Å². The summed E-state index contributed by atoms with van der Waals surface area (Å²) in [5, 5.41) is 0. The SMILES string of the molecule is CSc1ccc2c(c1)CCCC(=O)N2CC(C)=O. The van der Waals surface area contributed by atoms with Gasteiger partial charge in [0.1, 0.15) is 5.78 Å². The van der Waals surface area contributed by atoms with Gasteiger partial charge in [0.05, 0.1) is 6.54 Å². The molecule has 2 rings (SSSR count). The first-order valence-electron chi connectivity index (χ1n) is 6.08. The highest BCUT2D eigenvalue weighted by Gasteiger charge is 2.23. The predicted molar refractivity (Wildman–Crippen MR) is 74.2 cm³/mol. The fourth-order valence-electron chi connectivity index (χ4n) is 2.25. The van der Waals surface area contributed by atoms with Crippen LogP contribution in [0.3, 0.4) is 0 Å². The van der Waals surface area contributed by atoms with E-state index >= 15 is 0 Å². The first-order valence-corrected chi connectivity index (χ1v) is 7.31. The van der Waals surface area contributed by atoms with E-state index in [1.807, 2.05) is 18.4 Å². The third kappa shape index (κ3) is 2.75. The van der Waals surface area contributed by atoms with E-state index in [0.29, 0.717) is 6.42 Å². The molecule has 1 aromatic carbocycles. The molecule has 18 heavy (non-hydrogen) atoms. The van der Waals surface area contributed by atoms with Crippen molar-refractivity contribution < 1.29 is 9.59 Å². The van der Waals surface area contributed by atoms with Gasteiger partial charge < -0.3 is 4.90 Å². The minimum absolute atomic E-state index is 0.0187. The molecule has 0 N–H and O–H groups in total. The highest BCUT2D eigenvalue weighted by Crippen LogP contribution is 2.30. The number of carbonyl (C=O) groups is 2. The number of fused-ring (bicyclic) bond motifs is 1. The van der Waals surface area contributed by atoms with Gasteiger partial charge in [0.25, 0.3) is 0 Å². The van der Waals surface area contributed by atoms with E-state index in [-0.39, 0.29) is 18.2 Å². The van der Waals surface area contributed by atoms with Gasteiger partial charge in [0.2, 0.25) is 5.91 Å². The summed E-state index contributed by atoms with van der Waals surface area (Å²) < 4.78 is 0. The van der Waals surface area contributed by atoms with E-state index in [1.54, 1.807) is 16.7 Å². The zero-order valence-corrected chi connectivity index (χ0v) is 11.5. The van der Waals surface area contributed by atoms with Crippen molar-refractivity contribution in [2.75, 3.05) is 17.7 Å². The number of amides is 1. The van der Waals surface area contributed by atoms with Crippen molar-refractivity contribution in [1.82, 2.24) is 0 Å². The predicted octanol–water partition coefficient (Wildman–Crippen LogP) is 2.67. The first-order chi connectivity index (χ1) is 8.61. The summed E-state index contributed by atoms with van der Waals surface area (Å²) in [7, 11) is 0.